The molecule has 1 aromatic rings. The van der Waals surface area contributed by atoms with Crippen LogP contribution in [0.25, 0.3) is 0 Å². The Kier molecular flexibility index (Phi) is 1.95. The van der Waals surface area contributed by atoms with E-state index in [1.165, 1.54) is 12.0 Å². The first-order valence-corrected chi connectivity index (χ1v) is 5.37. The number of piperidine rings is 1. The highest BCUT2D eigenvalue weighted by molar-refractivity contribution is 5.38. The summed E-state index contributed by atoms with van der Waals surface area (Å²) in [7, 11) is 0. The Morgan fingerprint density at radius 2 is 2.21 bits per heavy atom. The van der Waals surface area contributed by atoms with Gasteiger partial charge in [-0.05, 0) is 30.5 Å². The van der Waals surface area contributed by atoms with E-state index in [-0.39, 0.29) is 0 Å². The summed E-state index contributed by atoms with van der Waals surface area (Å²) in [4.78, 5) is 0. The smallest absolute Gasteiger partial charge is 0.122 e. The Hall–Kier alpha value is -1.02. The van der Waals surface area contributed by atoms with E-state index >= 15 is 0 Å². The summed E-state index contributed by atoms with van der Waals surface area (Å²) in [6.45, 7) is 3.14. The van der Waals surface area contributed by atoms with Crippen LogP contribution in [0.4, 0.5) is 0 Å². The van der Waals surface area contributed by atoms with Crippen molar-refractivity contribution in [1.29, 1.82) is 0 Å². The third kappa shape index (κ3) is 1.22. The van der Waals surface area contributed by atoms with Gasteiger partial charge in [0.05, 0.1) is 6.61 Å². The molecule has 74 valence electrons. The van der Waals surface area contributed by atoms with E-state index in [1.807, 2.05) is 0 Å². The normalized spacial score (nSPS) is 30.0. The van der Waals surface area contributed by atoms with Gasteiger partial charge in [0.2, 0.25) is 0 Å². The molecule has 1 aromatic carbocycles. The number of nitrogens with one attached hydrogen (secondary N) is 1. The number of fused-ring (bicyclic) bond motifs is 3. The van der Waals surface area contributed by atoms with Gasteiger partial charge >= 0.3 is 0 Å². The van der Waals surface area contributed by atoms with Gasteiger partial charge in [-0.25, -0.2) is 0 Å². The van der Waals surface area contributed by atoms with Gasteiger partial charge in [0.15, 0.2) is 0 Å². The second kappa shape index (κ2) is 3.28. The predicted molar refractivity (Wildman–Crippen MR) is 55.7 cm³/mol. The standard InChI is InChI=1S/C12H15NO/c1-2-4-12-11(3-1)10-5-6-13-7-9(10)8-14-12/h1-4,9-10,13H,5-8H2. The van der Waals surface area contributed by atoms with Crippen LogP contribution in [0, 0.1) is 5.92 Å². The van der Waals surface area contributed by atoms with Gasteiger partial charge in [-0.15, -0.1) is 0 Å². The summed E-state index contributed by atoms with van der Waals surface area (Å²) >= 11 is 0. The van der Waals surface area contributed by atoms with Crippen LogP contribution in [-0.2, 0) is 0 Å². The molecule has 0 saturated carbocycles. The Labute approximate surface area is 84.3 Å². The molecule has 2 heteroatoms. The van der Waals surface area contributed by atoms with Crippen LogP contribution < -0.4 is 10.1 Å². The zero-order chi connectivity index (χ0) is 9.38. The Balaban J connectivity index is 1.99. The van der Waals surface area contributed by atoms with Crippen LogP contribution in [-0.4, -0.2) is 19.7 Å². The molecule has 1 saturated heterocycles. The van der Waals surface area contributed by atoms with Crippen molar-refractivity contribution in [2.45, 2.75) is 12.3 Å². The monoisotopic (exact) mass is 189 g/mol. The van der Waals surface area contributed by atoms with Crippen molar-refractivity contribution in [1.82, 2.24) is 5.32 Å². The number of para-hydroxylation sites is 1. The lowest BCUT2D eigenvalue weighted by atomic mass is 9.80. The molecule has 0 aliphatic carbocycles. The molecule has 0 aromatic heterocycles. The van der Waals surface area contributed by atoms with Gasteiger partial charge in [-0.1, -0.05) is 18.2 Å². The topological polar surface area (TPSA) is 21.3 Å². The first kappa shape index (κ1) is 8.30. The van der Waals surface area contributed by atoms with E-state index in [0.717, 1.165) is 31.4 Å². The third-order valence-corrected chi connectivity index (χ3v) is 3.38. The van der Waals surface area contributed by atoms with Crippen molar-refractivity contribution < 1.29 is 4.74 Å². The van der Waals surface area contributed by atoms with Crippen LogP contribution in [0.1, 0.15) is 17.9 Å². The number of benzene rings is 1. The molecule has 2 aliphatic rings. The van der Waals surface area contributed by atoms with Gasteiger partial charge in [-0.2, -0.15) is 0 Å². The highest BCUT2D eigenvalue weighted by atomic mass is 16.5. The van der Waals surface area contributed by atoms with Gasteiger partial charge in [-0.3, -0.25) is 0 Å². The lowest BCUT2D eigenvalue weighted by Gasteiger charge is -2.37. The fourth-order valence-corrected chi connectivity index (χ4v) is 2.62. The van der Waals surface area contributed by atoms with Crippen LogP contribution >= 0.6 is 0 Å². The van der Waals surface area contributed by atoms with Crippen LogP contribution in [0.5, 0.6) is 5.75 Å². The van der Waals surface area contributed by atoms with Crippen molar-refractivity contribution in [3.8, 4) is 5.75 Å². The molecule has 2 heterocycles. The molecule has 2 atom stereocenters. The molecule has 14 heavy (non-hydrogen) atoms. The van der Waals surface area contributed by atoms with Gasteiger partial charge in [0, 0.05) is 12.5 Å². The molecule has 3 rings (SSSR count). The van der Waals surface area contributed by atoms with Crippen molar-refractivity contribution in [3.63, 3.8) is 0 Å². The average molecular weight is 189 g/mol. The predicted octanol–water partition coefficient (Wildman–Crippen LogP) is 1.77. The highest BCUT2D eigenvalue weighted by Gasteiger charge is 2.32. The third-order valence-electron chi connectivity index (χ3n) is 3.38. The molecule has 1 fully saturated rings. The average Bonchev–Trinajstić information content (AvgIpc) is 2.29. The zero-order valence-electron chi connectivity index (χ0n) is 8.20. The number of rotatable bonds is 0. The second-order valence-corrected chi connectivity index (χ2v) is 4.21. The summed E-state index contributed by atoms with van der Waals surface area (Å²) in [5, 5.41) is 3.43. The zero-order valence-corrected chi connectivity index (χ0v) is 8.20. The lowest BCUT2D eigenvalue weighted by Crippen LogP contribution is -2.40. The number of hydrogen-bond donors (Lipinski definition) is 1. The van der Waals surface area contributed by atoms with E-state index in [9.17, 15) is 0 Å². The molecule has 2 nitrogen and oxygen atoms in total. The molecule has 0 radical (unpaired) electrons. The fourth-order valence-electron chi connectivity index (χ4n) is 2.62. The minimum Gasteiger partial charge on any atom is -0.493 e. The Bertz CT molecular complexity index is 337. The molecule has 0 spiro atoms. The molecular formula is C12H15NO. The van der Waals surface area contributed by atoms with Crippen molar-refractivity contribution in [3.05, 3.63) is 29.8 Å². The molecule has 0 bridgehead atoms. The van der Waals surface area contributed by atoms with Crippen LogP contribution in [0.15, 0.2) is 24.3 Å². The van der Waals surface area contributed by atoms with E-state index < -0.39 is 0 Å². The minimum atomic E-state index is 0.679. The Morgan fingerprint density at radius 1 is 1.29 bits per heavy atom. The largest absolute Gasteiger partial charge is 0.493 e. The van der Waals surface area contributed by atoms with Gasteiger partial charge < -0.3 is 10.1 Å². The summed E-state index contributed by atoms with van der Waals surface area (Å²) in [5.74, 6) is 2.51. The second-order valence-electron chi connectivity index (χ2n) is 4.21. The summed E-state index contributed by atoms with van der Waals surface area (Å²) in [6.07, 6.45) is 1.25. The summed E-state index contributed by atoms with van der Waals surface area (Å²) in [6, 6.07) is 8.48. The van der Waals surface area contributed by atoms with Crippen molar-refractivity contribution in [2.75, 3.05) is 19.7 Å². The maximum atomic E-state index is 5.75. The highest BCUT2D eigenvalue weighted by Crippen LogP contribution is 2.39. The van der Waals surface area contributed by atoms with Crippen molar-refractivity contribution >= 4 is 0 Å². The number of ether oxygens (including phenoxy) is 1. The molecule has 1 N–H and O–H groups in total. The first-order valence-electron chi connectivity index (χ1n) is 5.37. The maximum absolute atomic E-state index is 5.75. The lowest BCUT2D eigenvalue weighted by molar-refractivity contribution is 0.167. The van der Waals surface area contributed by atoms with Crippen molar-refractivity contribution in [2.24, 2.45) is 5.92 Å². The van der Waals surface area contributed by atoms with Crippen LogP contribution in [0.3, 0.4) is 0 Å². The maximum Gasteiger partial charge on any atom is 0.122 e. The van der Waals surface area contributed by atoms with E-state index in [4.69, 9.17) is 4.74 Å². The quantitative estimate of drug-likeness (QED) is 0.671. The summed E-state index contributed by atoms with van der Waals surface area (Å²) in [5.41, 5.74) is 1.42. The minimum absolute atomic E-state index is 0.679. The SMILES string of the molecule is c1ccc2c(c1)OCC1CNCCC21. The molecular weight excluding hydrogens is 174 g/mol. The molecule has 2 unspecified atom stereocenters. The first-order chi connectivity index (χ1) is 6.95. The molecule has 0 amide bonds. The van der Waals surface area contributed by atoms with Gasteiger partial charge in [0.25, 0.3) is 0 Å². The van der Waals surface area contributed by atoms with E-state index in [1.54, 1.807) is 0 Å². The molecule has 2 aliphatic heterocycles. The fraction of sp³-hybridized carbons (Fsp3) is 0.500. The number of hydrogen-bond acceptors (Lipinski definition) is 2. The Morgan fingerprint density at radius 3 is 3.21 bits per heavy atom. The van der Waals surface area contributed by atoms with Gasteiger partial charge in [0.1, 0.15) is 5.75 Å². The van der Waals surface area contributed by atoms with E-state index in [2.05, 4.69) is 29.6 Å². The summed E-state index contributed by atoms with van der Waals surface area (Å²) < 4.78 is 5.75. The van der Waals surface area contributed by atoms with Crippen LogP contribution in [0.2, 0.25) is 0 Å². The van der Waals surface area contributed by atoms with E-state index in [0.29, 0.717) is 5.92 Å².